The third-order valence-corrected chi connectivity index (χ3v) is 3.22. The lowest BCUT2D eigenvalue weighted by Gasteiger charge is -2.26. The molecule has 20 heavy (non-hydrogen) atoms. The smallest absolute Gasteiger partial charge is 0.416 e. The van der Waals surface area contributed by atoms with E-state index in [9.17, 15) is 23.1 Å². The summed E-state index contributed by atoms with van der Waals surface area (Å²) in [6.45, 7) is 4.72. The van der Waals surface area contributed by atoms with Gasteiger partial charge in [0.15, 0.2) is 0 Å². The molecule has 0 aliphatic carbocycles. The van der Waals surface area contributed by atoms with Gasteiger partial charge in [0.1, 0.15) is 6.04 Å². The molecule has 1 rings (SSSR count). The van der Waals surface area contributed by atoms with Crippen molar-refractivity contribution in [2.75, 3.05) is 13.1 Å². The van der Waals surface area contributed by atoms with E-state index < -0.39 is 23.8 Å². The summed E-state index contributed by atoms with van der Waals surface area (Å²) in [5.74, 6) is -1.02. The number of aliphatic carboxylic acids is 1. The number of nitrogens with zero attached hydrogens (tertiary/aromatic N) is 1. The van der Waals surface area contributed by atoms with Crippen LogP contribution in [-0.4, -0.2) is 35.1 Å². The van der Waals surface area contributed by atoms with Crippen molar-refractivity contribution in [2.45, 2.75) is 32.5 Å². The number of carboxylic acids is 1. The predicted molar refractivity (Wildman–Crippen MR) is 69.5 cm³/mol. The minimum atomic E-state index is -4.41. The molecule has 1 atom stereocenters. The number of carboxylic acid groups (broad SMARTS) is 1. The zero-order valence-corrected chi connectivity index (χ0v) is 11.4. The Hall–Kier alpha value is -1.56. The first-order valence-electron chi connectivity index (χ1n) is 6.42. The first-order valence-corrected chi connectivity index (χ1v) is 6.42. The second-order valence-corrected chi connectivity index (χ2v) is 4.48. The first kappa shape index (κ1) is 16.5. The van der Waals surface area contributed by atoms with Crippen molar-refractivity contribution >= 4 is 5.97 Å². The van der Waals surface area contributed by atoms with Gasteiger partial charge in [0, 0.05) is 0 Å². The maximum atomic E-state index is 12.6. The van der Waals surface area contributed by atoms with Crippen LogP contribution in [0.5, 0.6) is 0 Å². The minimum absolute atomic E-state index is 0.0565. The van der Waals surface area contributed by atoms with Gasteiger partial charge in [-0.05, 0) is 31.1 Å². The van der Waals surface area contributed by atoms with Crippen molar-refractivity contribution in [1.82, 2.24) is 4.90 Å². The quantitative estimate of drug-likeness (QED) is 0.875. The number of alkyl halides is 3. The van der Waals surface area contributed by atoms with Crippen LogP contribution < -0.4 is 0 Å². The van der Waals surface area contributed by atoms with Gasteiger partial charge in [-0.2, -0.15) is 13.2 Å². The predicted octanol–water partition coefficient (Wildman–Crippen LogP) is 3.04. The molecule has 6 heteroatoms. The summed E-state index contributed by atoms with van der Waals surface area (Å²) >= 11 is 0. The Labute approximate surface area is 116 Å². The molecule has 0 spiro atoms. The molecule has 0 aliphatic heterocycles. The topological polar surface area (TPSA) is 40.5 Å². The Balaban J connectivity index is 2.97. The van der Waals surface area contributed by atoms with Crippen molar-refractivity contribution in [3.8, 4) is 0 Å². The summed E-state index contributed by atoms with van der Waals surface area (Å²) in [6, 6.07) is 4.01. The molecule has 0 radical (unpaired) electrons. The molecule has 1 unspecified atom stereocenters. The number of halogens is 3. The molecule has 0 aromatic heterocycles. The number of hydrogen-bond acceptors (Lipinski definition) is 2. The summed E-state index contributed by atoms with van der Waals surface area (Å²) in [5.41, 5.74) is -0.377. The van der Waals surface area contributed by atoms with Gasteiger partial charge >= 0.3 is 12.1 Å². The van der Waals surface area contributed by atoms with Crippen LogP contribution >= 0.6 is 0 Å². The lowest BCUT2D eigenvalue weighted by molar-refractivity contribution is -0.143. The molecule has 1 aromatic rings. The van der Waals surface area contributed by atoms with Crippen LogP contribution in [0.15, 0.2) is 24.3 Å². The van der Waals surface area contributed by atoms with Crippen LogP contribution in [0.4, 0.5) is 13.2 Å². The molecule has 0 fully saturated rings. The highest BCUT2D eigenvalue weighted by molar-refractivity contribution is 5.74. The monoisotopic (exact) mass is 289 g/mol. The van der Waals surface area contributed by atoms with Crippen LogP contribution in [0.1, 0.15) is 25.0 Å². The molecule has 0 amide bonds. The molecule has 3 nitrogen and oxygen atoms in total. The molecule has 0 bridgehead atoms. The average molecular weight is 289 g/mol. The van der Waals surface area contributed by atoms with Gasteiger partial charge in [-0.25, -0.2) is 0 Å². The van der Waals surface area contributed by atoms with Gasteiger partial charge in [-0.3, -0.25) is 9.69 Å². The molecule has 0 aliphatic rings. The second-order valence-electron chi connectivity index (χ2n) is 4.48. The molecule has 0 saturated carbocycles. The van der Waals surface area contributed by atoms with Crippen molar-refractivity contribution in [3.05, 3.63) is 35.4 Å². The second kappa shape index (κ2) is 6.74. The highest BCUT2D eigenvalue weighted by Crippen LogP contribution is 2.29. The van der Waals surface area contributed by atoms with Gasteiger partial charge in [-0.15, -0.1) is 0 Å². The van der Waals surface area contributed by atoms with Crippen LogP contribution in [0.3, 0.4) is 0 Å². The number of likely N-dealkylation sites (N-methyl/N-ethyl adjacent to an activating group) is 1. The Morgan fingerprint density at radius 2 is 1.90 bits per heavy atom. The molecular weight excluding hydrogens is 271 g/mol. The van der Waals surface area contributed by atoms with Crippen molar-refractivity contribution in [1.29, 1.82) is 0 Å². The average Bonchev–Trinajstić information content (AvgIpc) is 2.38. The van der Waals surface area contributed by atoms with E-state index in [0.717, 1.165) is 12.1 Å². The summed E-state index contributed by atoms with van der Waals surface area (Å²) in [4.78, 5) is 13.0. The first-order chi connectivity index (χ1) is 9.29. The highest BCUT2D eigenvalue weighted by atomic mass is 19.4. The van der Waals surface area contributed by atoms with E-state index in [1.165, 1.54) is 12.1 Å². The van der Waals surface area contributed by atoms with E-state index in [2.05, 4.69) is 0 Å². The lowest BCUT2D eigenvalue weighted by atomic mass is 10.0. The Morgan fingerprint density at radius 3 is 2.35 bits per heavy atom. The van der Waals surface area contributed by atoms with E-state index in [1.54, 1.807) is 4.90 Å². The van der Waals surface area contributed by atoms with E-state index in [4.69, 9.17) is 0 Å². The summed E-state index contributed by atoms with van der Waals surface area (Å²) in [7, 11) is 0. The summed E-state index contributed by atoms with van der Waals surface area (Å²) in [6.07, 6.45) is -4.36. The van der Waals surface area contributed by atoms with E-state index in [-0.39, 0.29) is 6.42 Å². The van der Waals surface area contributed by atoms with Crippen molar-refractivity contribution in [3.63, 3.8) is 0 Å². The third-order valence-electron chi connectivity index (χ3n) is 3.22. The molecular formula is C14H18F3NO2. The summed E-state index contributed by atoms with van der Waals surface area (Å²) < 4.78 is 37.9. The molecule has 112 valence electrons. The Bertz CT molecular complexity index is 456. The fraction of sp³-hybridized carbons (Fsp3) is 0.500. The normalized spacial score (nSPS) is 13.5. The van der Waals surface area contributed by atoms with Gasteiger partial charge < -0.3 is 5.11 Å². The largest absolute Gasteiger partial charge is 0.480 e. The summed E-state index contributed by atoms with van der Waals surface area (Å²) in [5, 5.41) is 9.23. The van der Waals surface area contributed by atoms with E-state index >= 15 is 0 Å². The van der Waals surface area contributed by atoms with Gasteiger partial charge in [0.2, 0.25) is 0 Å². The zero-order chi connectivity index (χ0) is 15.3. The lowest BCUT2D eigenvalue weighted by Crippen LogP contribution is -2.42. The number of rotatable bonds is 6. The fourth-order valence-corrected chi connectivity index (χ4v) is 2.13. The fourth-order valence-electron chi connectivity index (χ4n) is 2.13. The molecule has 0 saturated heterocycles. The number of benzene rings is 1. The standard InChI is InChI=1S/C14H18F3NO2/c1-3-18(4-2)12(13(19)20)9-10-6-5-7-11(8-10)14(15,16)17/h5-8,12H,3-4,9H2,1-2H3,(H,19,20). The maximum absolute atomic E-state index is 12.6. The maximum Gasteiger partial charge on any atom is 0.416 e. The molecule has 0 heterocycles. The molecule has 1 N–H and O–H groups in total. The Kier molecular flexibility index (Phi) is 5.56. The van der Waals surface area contributed by atoms with Crippen LogP contribution in [-0.2, 0) is 17.4 Å². The van der Waals surface area contributed by atoms with E-state index in [0.29, 0.717) is 18.7 Å². The van der Waals surface area contributed by atoms with Gasteiger partial charge in [0.05, 0.1) is 5.56 Å². The SMILES string of the molecule is CCN(CC)C(Cc1cccc(C(F)(F)F)c1)C(=O)O. The van der Waals surface area contributed by atoms with Crippen molar-refractivity contribution < 1.29 is 23.1 Å². The van der Waals surface area contributed by atoms with Crippen LogP contribution in [0.25, 0.3) is 0 Å². The third kappa shape index (κ3) is 4.23. The van der Waals surface area contributed by atoms with Gasteiger partial charge in [0.25, 0.3) is 0 Å². The van der Waals surface area contributed by atoms with Crippen molar-refractivity contribution in [2.24, 2.45) is 0 Å². The number of hydrogen-bond donors (Lipinski definition) is 1. The van der Waals surface area contributed by atoms with E-state index in [1.807, 2.05) is 13.8 Å². The van der Waals surface area contributed by atoms with Crippen LogP contribution in [0, 0.1) is 0 Å². The molecule has 1 aromatic carbocycles. The zero-order valence-electron chi connectivity index (χ0n) is 11.4. The van der Waals surface area contributed by atoms with Crippen LogP contribution in [0.2, 0.25) is 0 Å². The minimum Gasteiger partial charge on any atom is -0.480 e. The highest BCUT2D eigenvalue weighted by Gasteiger charge is 2.31. The number of carbonyl (C=O) groups is 1. The Morgan fingerprint density at radius 1 is 1.30 bits per heavy atom. The van der Waals surface area contributed by atoms with Gasteiger partial charge in [-0.1, -0.05) is 32.0 Å².